The number of nitrogens with zero attached hydrogens (tertiary/aromatic N) is 2. The van der Waals surface area contributed by atoms with Gasteiger partial charge in [0.1, 0.15) is 0 Å². The first-order valence-electron chi connectivity index (χ1n) is 6.57. The van der Waals surface area contributed by atoms with Gasteiger partial charge in [-0.25, -0.2) is 13.2 Å². The predicted molar refractivity (Wildman–Crippen MR) is 79.5 cm³/mol. The van der Waals surface area contributed by atoms with E-state index < -0.39 is 16.0 Å². The smallest absolute Gasteiger partial charge is 0.338 e. The van der Waals surface area contributed by atoms with Crippen LogP contribution in [0.4, 0.5) is 5.69 Å². The molecule has 7 nitrogen and oxygen atoms in total. The van der Waals surface area contributed by atoms with E-state index in [0.717, 1.165) is 0 Å². The Labute approximate surface area is 124 Å². The van der Waals surface area contributed by atoms with Crippen molar-refractivity contribution in [3.05, 3.63) is 29.3 Å². The molecule has 0 saturated carbocycles. The molecule has 1 fully saturated rings. The number of carbonyl (C=O) groups is 1. The topological polar surface area (TPSA) is 104 Å². The first-order chi connectivity index (χ1) is 9.79. The number of hydrogen-bond acceptors (Lipinski definition) is 5. The quantitative estimate of drug-likeness (QED) is 0.761. The lowest BCUT2D eigenvalue weighted by molar-refractivity contribution is 0.0695. The summed E-state index contributed by atoms with van der Waals surface area (Å²) in [6.45, 7) is 2.43. The predicted octanol–water partition coefficient (Wildman–Crippen LogP) is 0.0442. The number of hydrogen-bond donors (Lipinski definition) is 2. The molecule has 8 heteroatoms. The third-order valence-corrected chi connectivity index (χ3v) is 4.89. The van der Waals surface area contributed by atoms with Gasteiger partial charge in [-0.15, -0.1) is 0 Å². The molecule has 1 aliphatic heterocycles. The van der Waals surface area contributed by atoms with E-state index in [1.807, 2.05) is 4.90 Å². The zero-order chi connectivity index (χ0) is 15.6. The molecule has 1 aromatic carbocycles. The molecular weight excluding hydrogens is 294 g/mol. The van der Waals surface area contributed by atoms with Crippen molar-refractivity contribution in [3.63, 3.8) is 0 Å². The fourth-order valence-corrected chi connectivity index (χ4v) is 3.30. The fraction of sp³-hybridized carbons (Fsp3) is 0.462. The van der Waals surface area contributed by atoms with Gasteiger partial charge in [-0.2, -0.15) is 4.31 Å². The van der Waals surface area contributed by atoms with Gasteiger partial charge in [-0.3, -0.25) is 4.90 Å². The van der Waals surface area contributed by atoms with Gasteiger partial charge >= 0.3 is 5.97 Å². The number of nitrogens with two attached hydrogens (primary N) is 1. The standard InChI is InChI=1S/C13H19N3O4S/c1-21(19,20)16-7-5-15(6-8-16)9-10-3-2-4-11(14)12(10)13(17)18/h2-4H,5-9,14H2,1H3,(H,17,18). The van der Waals surface area contributed by atoms with E-state index >= 15 is 0 Å². The highest BCUT2D eigenvalue weighted by Crippen LogP contribution is 2.19. The molecule has 0 bridgehead atoms. The molecule has 1 heterocycles. The Bertz CT molecular complexity index is 637. The highest BCUT2D eigenvalue weighted by atomic mass is 32.2. The van der Waals surface area contributed by atoms with Crippen LogP contribution in [0.5, 0.6) is 0 Å². The number of carboxylic acid groups (broad SMARTS) is 1. The molecule has 0 aliphatic carbocycles. The molecule has 0 atom stereocenters. The van der Waals surface area contributed by atoms with Crippen molar-refractivity contribution in [1.29, 1.82) is 0 Å². The second-order valence-electron chi connectivity index (χ2n) is 5.12. The summed E-state index contributed by atoms with van der Waals surface area (Å²) in [5.74, 6) is -1.04. The van der Waals surface area contributed by atoms with Gasteiger partial charge in [0.15, 0.2) is 0 Å². The summed E-state index contributed by atoms with van der Waals surface area (Å²) in [6.07, 6.45) is 1.20. The van der Waals surface area contributed by atoms with E-state index in [2.05, 4.69) is 0 Å². The maximum atomic E-state index is 11.5. The molecule has 2 rings (SSSR count). The maximum Gasteiger partial charge on any atom is 0.338 e. The van der Waals surface area contributed by atoms with E-state index in [-0.39, 0.29) is 11.3 Å². The summed E-state index contributed by atoms with van der Waals surface area (Å²) in [4.78, 5) is 13.3. The second-order valence-corrected chi connectivity index (χ2v) is 7.11. The zero-order valence-electron chi connectivity index (χ0n) is 11.8. The van der Waals surface area contributed by atoms with Crippen LogP contribution < -0.4 is 5.73 Å². The highest BCUT2D eigenvalue weighted by molar-refractivity contribution is 7.88. The lowest BCUT2D eigenvalue weighted by atomic mass is 10.0. The summed E-state index contributed by atoms with van der Waals surface area (Å²) < 4.78 is 24.3. The summed E-state index contributed by atoms with van der Waals surface area (Å²) in [6, 6.07) is 5.03. The first-order valence-corrected chi connectivity index (χ1v) is 8.42. The molecule has 1 saturated heterocycles. The molecule has 0 amide bonds. The van der Waals surface area contributed by atoms with Crippen molar-refractivity contribution in [2.45, 2.75) is 6.54 Å². The van der Waals surface area contributed by atoms with Crippen LogP contribution >= 0.6 is 0 Å². The SMILES string of the molecule is CS(=O)(=O)N1CCN(Cc2cccc(N)c2C(=O)O)CC1. The van der Waals surface area contributed by atoms with E-state index in [9.17, 15) is 18.3 Å². The third kappa shape index (κ3) is 3.72. The highest BCUT2D eigenvalue weighted by Gasteiger charge is 2.24. The second kappa shape index (κ2) is 6.00. The van der Waals surface area contributed by atoms with Crippen LogP contribution in [0.3, 0.4) is 0 Å². The van der Waals surface area contributed by atoms with Gasteiger partial charge < -0.3 is 10.8 Å². The van der Waals surface area contributed by atoms with Gasteiger partial charge in [-0.1, -0.05) is 12.1 Å². The minimum Gasteiger partial charge on any atom is -0.478 e. The zero-order valence-corrected chi connectivity index (χ0v) is 12.6. The lowest BCUT2D eigenvalue weighted by Crippen LogP contribution is -2.47. The molecule has 1 aliphatic rings. The number of sulfonamides is 1. The number of aromatic carboxylic acids is 1. The molecule has 0 radical (unpaired) electrons. The van der Waals surface area contributed by atoms with Crippen LogP contribution in [0.2, 0.25) is 0 Å². The number of carboxylic acids is 1. The van der Waals surface area contributed by atoms with Crippen LogP contribution in [0, 0.1) is 0 Å². The Balaban J connectivity index is 2.08. The van der Waals surface area contributed by atoms with Gasteiger partial charge in [0.2, 0.25) is 10.0 Å². The van der Waals surface area contributed by atoms with Crippen molar-refractivity contribution < 1.29 is 18.3 Å². The Hall–Kier alpha value is -1.64. The van der Waals surface area contributed by atoms with Crippen molar-refractivity contribution in [2.24, 2.45) is 0 Å². The van der Waals surface area contributed by atoms with Crippen LogP contribution in [0.25, 0.3) is 0 Å². The van der Waals surface area contributed by atoms with Crippen molar-refractivity contribution in [1.82, 2.24) is 9.21 Å². The molecular formula is C13H19N3O4S. The van der Waals surface area contributed by atoms with Crippen LogP contribution in [0.1, 0.15) is 15.9 Å². The summed E-state index contributed by atoms with van der Waals surface area (Å²) in [5, 5.41) is 9.24. The van der Waals surface area contributed by atoms with E-state index in [0.29, 0.717) is 38.3 Å². The number of rotatable bonds is 4. The molecule has 3 N–H and O–H groups in total. The van der Waals surface area contributed by atoms with Gasteiger partial charge in [-0.05, 0) is 11.6 Å². The Morgan fingerprint density at radius 3 is 2.43 bits per heavy atom. The van der Waals surface area contributed by atoms with Crippen LogP contribution in [-0.4, -0.2) is 61.1 Å². The minimum atomic E-state index is -3.16. The van der Waals surface area contributed by atoms with E-state index in [1.54, 1.807) is 18.2 Å². The molecule has 0 unspecified atom stereocenters. The monoisotopic (exact) mass is 313 g/mol. The minimum absolute atomic E-state index is 0.128. The number of anilines is 1. The number of benzene rings is 1. The van der Waals surface area contributed by atoms with Gasteiger partial charge in [0.25, 0.3) is 0 Å². The number of piperazine rings is 1. The lowest BCUT2D eigenvalue weighted by Gasteiger charge is -2.33. The van der Waals surface area contributed by atoms with Crippen molar-refractivity contribution in [2.75, 3.05) is 38.2 Å². The number of nitrogen functional groups attached to an aromatic ring is 1. The molecule has 21 heavy (non-hydrogen) atoms. The summed E-state index contributed by atoms with van der Waals surface area (Å²) in [7, 11) is -3.16. The Morgan fingerprint density at radius 2 is 1.90 bits per heavy atom. The van der Waals surface area contributed by atoms with Crippen LogP contribution in [-0.2, 0) is 16.6 Å². The fourth-order valence-electron chi connectivity index (χ4n) is 2.47. The largest absolute Gasteiger partial charge is 0.478 e. The molecule has 1 aromatic rings. The summed E-state index contributed by atoms with van der Waals surface area (Å²) >= 11 is 0. The average Bonchev–Trinajstić information content (AvgIpc) is 2.38. The Morgan fingerprint density at radius 1 is 1.29 bits per heavy atom. The average molecular weight is 313 g/mol. The Kier molecular flexibility index (Phi) is 4.50. The molecule has 0 aromatic heterocycles. The first kappa shape index (κ1) is 15.7. The van der Waals surface area contributed by atoms with Gasteiger partial charge in [0.05, 0.1) is 11.8 Å². The van der Waals surface area contributed by atoms with Crippen molar-refractivity contribution in [3.8, 4) is 0 Å². The van der Waals surface area contributed by atoms with Gasteiger partial charge in [0, 0.05) is 38.4 Å². The van der Waals surface area contributed by atoms with E-state index in [4.69, 9.17) is 5.73 Å². The normalized spacial score (nSPS) is 17.8. The maximum absolute atomic E-state index is 11.5. The van der Waals surface area contributed by atoms with E-state index in [1.165, 1.54) is 10.6 Å². The van der Waals surface area contributed by atoms with Crippen molar-refractivity contribution >= 4 is 21.7 Å². The third-order valence-electron chi connectivity index (χ3n) is 3.59. The van der Waals surface area contributed by atoms with Crippen LogP contribution in [0.15, 0.2) is 18.2 Å². The molecule has 116 valence electrons. The summed E-state index contributed by atoms with van der Waals surface area (Å²) in [5.41, 5.74) is 6.74. The molecule has 0 spiro atoms.